The molecule has 0 heterocycles. The lowest BCUT2D eigenvalue weighted by Crippen LogP contribution is -2.25. The van der Waals surface area contributed by atoms with E-state index in [-0.39, 0.29) is 5.91 Å². The number of benzene rings is 1. The first-order valence-electron chi connectivity index (χ1n) is 5.87. The van der Waals surface area contributed by atoms with Gasteiger partial charge in [-0.25, -0.2) is 5.06 Å². The van der Waals surface area contributed by atoms with Crippen LogP contribution in [-0.2, 0) is 4.84 Å². The van der Waals surface area contributed by atoms with Gasteiger partial charge in [0.15, 0.2) is 11.5 Å². The molecule has 1 rings (SSSR count). The number of amides is 1. The van der Waals surface area contributed by atoms with Crippen LogP contribution in [0.5, 0.6) is 11.5 Å². The lowest BCUT2D eigenvalue weighted by molar-refractivity contribution is -0.0757. The third-order valence-electron chi connectivity index (χ3n) is 2.49. The van der Waals surface area contributed by atoms with E-state index in [0.29, 0.717) is 28.1 Å². The SMILES string of the molecule is CCCOc1c(Br)cc(C(=O)N(C)OC)cc1OC. The fourth-order valence-corrected chi connectivity index (χ4v) is 2.01. The minimum Gasteiger partial charge on any atom is -0.493 e. The zero-order valence-corrected chi connectivity index (χ0v) is 13.1. The normalized spacial score (nSPS) is 10.2. The maximum atomic E-state index is 12.0. The standard InChI is InChI=1S/C13H18BrNO4/c1-5-6-19-12-10(14)7-9(8-11(12)17-3)13(16)15(2)18-4/h7-8H,5-6H2,1-4H3. The molecule has 0 atom stereocenters. The van der Waals surface area contributed by atoms with Crippen molar-refractivity contribution < 1.29 is 19.1 Å². The topological polar surface area (TPSA) is 48.0 Å². The van der Waals surface area contributed by atoms with Gasteiger partial charge in [-0.05, 0) is 34.5 Å². The molecule has 5 nitrogen and oxygen atoms in total. The zero-order valence-electron chi connectivity index (χ0n) is 11.5. The summed E-state index contributed by atoms with van der Waals surface area (Å²) in [7, 11) is 4.52. The quantitative estimate of drug-likeness (QED) is 0.752. The minimum atomic E-state index is -0.261. The molecule has 0 fully saturated rings. The first-order valence-corrected chi connectivity index (χ1v) is 6.66. The maximum Gasteiger partial charge on any atom is 0.277 e. The van der Waals surface area contributed by atoms with Gasteiger partial charge in [0.25, 0.3) is 5.91 Å². The summed E-state index contributed by atoms with van der Waals surface area (Å²) in [5.74, 6) is 0.847. The van der Waals surface area contributed by atoms with E-state index in [1.165, 1.54) is 14.2 Å². The van der Waals surface area contributed by atoms with Crippen molar-refractivity contribution in [2.45, 2.75) is 13.3 Å². The largest absolute Gasteiger partial charge is 0.493 e. The maximum absolute atomic E-state index is 12.0. The van der Waals surface area contributed by atoms with Gasteiger partial charge in [-0.2, -0.15) is 0 Å². The highest BCUT2D eigenvalue weighted by Gasteiger charge is 2.18. The van der Waals surface area contributed by atoms with E-state index in [9.17, 15) is 4.79 Å². The Bertz CT molecular complexity index is 451. The molecule has 0 N–H and O–H groups in total. The van der Waals surface area contributed by atoms with E-state index in [1.54, 1.807) is 19.2 Å². The molecule has 0 aromatic heterocycles. The molecular formula is C13H18BrNO4. The second-order valence-electron chi connectivity index (χ2n) is 3.82. The third-order valence-corrected chi connectivity index (χ3v) is 3.08. The van der Waals surface area contributed by atoms with Gasteiger partial charge in [-0.3, -0.25) is 9.63 Å². The minimum absolute atomic E-state index is 0.261. The van der Waals surface area contributed by atoms with Gasteiger partial charge in [0.1, 0.15) is 0 Å². The molecule has 0 aliphatic carbocycles. The molecule has 19 heavy (non-hydrogen) atoms. The molecular weight excluding hydrogens is 314 g/mol. The van der Waals surface area contributed by atoms with E-state index in [1.807, 2.05) is 6.92 Å². The van der Waals surface area contributed by atoms with Crippen LogP contribution >= 0.6 is 15.9 Å². The van der Waals surface area contributed by atoms with Gasteiger partial charge < -0.3 is 9.47 Å². The number of hydrogen-bond donors (Lipinski definition) is 0. The van der Waals surface area contributed by atoms with Crippen LogP contribution in [0.4, 0.5) is 0 Å². The summed E-state index contributed by atoms with van der Waals surface area (Å²) in [6.45, 7) is 2.60. The molecule has 1 amide bonds. The molecule has 106 valence electrons. The van der Waals surface area contributed by atoms with E-state index < -0.39 is 0 Å². The van der Waals surface area contributed by atoms with Gasteiger partial charge in [0, 0.05) is 12.6 Å². The van der Waals surface area contributed by atoms with Crippen molar-refractivity contribution in [2.24, 2.45) is 0 Å². The van der Waals surface area contributed by atoms with Crippen LogP contribution in [0.2, 0.25) is 0 Å². The van der Waals surface area contributed by atoms with E-state index in [4.69, 9.17) is 14.3 Å². The predicted molar refractivity (Wildman–Crippen MR) is 75.6 cm³/mol. The Balaban J connectivity index is 3.11. The summed E-state index contributed by atoms with van der Waals surface area (Å²) < 4.78 is 11.5. The average molecular weight is 332 g/mol. The fraction of sp³-hybridized carbons (Fsp3) is 0.462. The summed E-state index contributed by atoms with van der Waals surface area (Å²) in [5.41, 5.74) is 0.455. The second-order valence-corrected chi connectivity index (χ2v) is 4.68. The Morgan fingerprint density at radius 3 is 2.58 bits per heavy atom. The Hall–Kier alpha value is -1.27. The molecule has 0 radical (unpaired) electrons. The molecule has 0 aliphatic rings. The van der Waals surface area contributed by atoms with Crippen molar-refractivity contribution in [3.63, 3.8) is 0 Å². The number of ether oxygens (including phenoxy) is 2. The molecule has 0 saturated heterocycles. The number of halogens is 1. The smallest absolute Gasteiger partial charge is 0.277 e. The summed E-state index contributed by atoms with van der Waals surface area (Å²) >= 11 is 3.39. The summed E-state index contributed by atoms with van der Waals surface area (Å²) in [6.07, 6.45) is 0.892. The number of nitrogens with zero attached hydrogens (tertiary/aromatic N) is 1. The fourth-order valence-electron chi connectivity index (χ4n) is 1.45. The van der Waals surface area contributed by atoms with Crippen LogP contribution < -0.4 is 9.47 Å². The van der Waals surface area contributed by atoms with Crippen LogP contribution in [0.25, 0.3) is 0 Å². The summed E-state index contributed by atoms with van der Waals surface area (Å²) in [5, 5.41) is 1.15. The molecule has 1 aromatic rings. The molecule has 0 bridgehead atoms. The summed E-state index contributed by atoms with van der Waals surface area (Å²) in [6, 6.07) is 3.32. The van der Waals surface area contributed by atoms with Gasteiger partial charge >= 0.3 is 0 Å². The van der Waals surface area contributed by atoms with Crippen molar-refractivity contribution in [3.8, 4) is 11.5 Å². The highest BCUT2D eigenvalue weighted by molar-refractivity contribution is 9.10. The van der Waals surface area contributed by atoms with Crippen LogP contribution in [0.3, 0.4) is 0 Å². The Kier molecular flexibility index (Phi) is 6.11. The monoisotopic (exact) mass is 331 g/mol. The number of methoxy groups -OCH3 is 1. The molecule has 0 unspecified atom stereocenters. The zero-order chi connectivity index (χ0) is 14.4. The van der Waals surface area contributed by atoms with Crippen LogP contribution in [0.15, 0.2) is 16.6 Å². The molecule has 6 heteroatoms. The lowest BCUT2D eigenvalue weighted by Gasteiger charge is -2.17. The van der Waals surface area contributed by atoms with Gasteiger partial charge in [-0.15, -0.1) is 0 Å². The highest BCUT2D eigenvalue weighted by atomic mass is 79.9. The predicted octanol–water partition coefficient (Wildman–Crippen LogP) is 2.88. The molecule has 1 aromatic carbocycles. The van der Waals surface area contributed by atoms with Crippen molar-refractivity contribution in [2.75, 3.05) is 27.9 Å². The van der Waals surface area contributed by atoms with E-state index in [0.717, 1.165) is 11.5 Å². The number of carbonyl (C=O) groups is 1. The van der Waals surface area contributed by atoms with E-state index >= 15 is 0 Å². The lowest BCUT2D eigenvalue weighted by atomic mass is 10.2. The molecule has 0 aliphatic heterocycles. The second kappa shape index (κ2) is 7.35. The molecule has 0 spiro atoms. The number of rotatable bonds is 6. The number of hydrogen-bond acceptors (Lipinski definition) is 4. The van der Waals surface area contributed by atoms with Crippen molar-refractivity contribution in [1.29, 1.82) is 0 Å². The third kappa shape index (κ3) is 3.84. The van der Waals surface area contributed by atoms with Crippen LogP contribution in [0.1, 0.15) is 23.7 Å². The van der Waals surface area contributed by atoms with Gasteiger partial charge in [0.05, 0.1) is 25.3 Å². The highest BCUT2D eigenvalue weighted by Crippen LogP contribution is 2.37. The average Bonchev–Trinajstić information content (AvgIpc) is 2.43. The first kappa shape index (κ1) is 15.8. The Labute approximate surface area is 121 Å². The van der Waals surface area contributed by atoms with Crippen LogP contribution in [0, 0.1) is 0 Å². The van der Waals surface area contributed by atoms with Gasteiger partial charge in [0.2, 0.25) is 0 Å². The first-order chi connectivity index (χ1) is 9.04. The van der Waals surface area contributed by atoms with E-state index in [2.05, 4.69) is 15.9 Å². The van der Waals surface area contributed by atoms with Crippen molar-refractivity contribution in [1.82, 2.24) is 5.06 Å². The number of carbonyl (C=O) groups excluding carboxylic acids is 1. The number of hydroxylamine groups is 2. The molecule has 0 saturated carbocycles. The van der Waals surface area contributed by atoms with Crippen molar-refractivity contribution >= 4 is 21.8 Å². The van der Waals surface area contributed by atoms with Gasteiger partial charge in [-0.1, -0.05) is 6.92 Å². The Morgan fingerprint density at radius 2 is 2.05 bits per heavy atom. The summed E-state index contributed by atoms with van der Waals surface area (Å²) in [4.78, 5) is 16.9. The van der Waals surface area contributed by atoms with Crippen molar-refractivity contribution in [3.05, 3.63) is 22.2 Å². The van der Waals surface area contributed by atoms with Crippen LogP contribution in [-0.4, -0.2) is 38.8 Å². The Morgan fingerprint density at radius 1 is 1.37 bits per heavy atom.